The van der Waals surface area contributed by atoms with E-state index in [-0.39, 0.29) is 31.0 Å². The number of carbonyl (C=O) groups excluding carboxylic acids is 2. The van der Waals surface area contributed by atoms with E-state index in [4.69, 9.17) is 27.9 Å². The van der Waals surface area contributed by atoms with Gasteiger partial charge in [-0.25, -0.2) is 0 Å². The van der Waals surface area contributed by atoms with Crippen molar-refractivity contribution in [2.75, 3.05) is 6.61 Å². The van der Waals surface area contributed by atoms with Crippen LogP contribution in [-0.2, 0) is 16.1 Å². The lowest BCUT2D eigenvalue weighted by Crippen LogP contribution is -2.52. The van der Waals surface area contributed by atoms with E-state index in [0.29, 0.717) is 22.2 Å². The van der Waals surface area contributed by atoms with Crippen molar-refractivity contribution in [3.05, 3.63) is 64.1 Å². The highest BCUT2D eigenvalue weighted by molar-refractivity contribution is 6.32. The van der Waals surface area contributed by atoms with Gasteiger partial charge in [-0.05, 0) is 43.0 Å². The Balaban J connectivity index is 1.77. The van der Waals surface area contributed by atoms with Crippen molar-refractivity contribution in [2.45, 2.75) is 64.1 Å². The third-order valence-corrected chi connectivity index (χ3v) is 6.50. The fraction of sp³-hybridized carbons (Fsp3) is 0.440. The summed E-state index contributed by atoms with van der Waals surface area (Å²) in [7, 11) is 0. The van der Waals surface area contributed by atoms with Crippen molar-refractivity contribution >= 4 is 35.0 Å². The van der Waals surface area contributed by atoms with Gasteiger partial charge in [0.1, 0.15) is 11.8 Å². The summed E-state index contributed by atoms with van der Waals surface area (Å²) in [5.41, 5.74) is 0.782. The van der Waals surface area contributed by atoms with Gasteiger partial charge in [0.2, 0.25) is 5.91 Å². The van der Waals surface area contributed by atoms with Crippen LogP contribution in [0.25, 0.3) is 0 Å². The van der Waals surface area contributed by atoms with Gasteiger partial charge in [0, 0.05) is 17.6 Å². The lowest BCUT2D eigenvalue weighted by Gasteiger charge is -2.33. The van der Waals surface area contributed by atoms with Crippen LogP contribution < -0.4 is 10.1 Å². The first-order valence-corrected chi connectivity index (χ1v) is 12.0. The van der Waals surface area contributed by atoms with Gasteiger partial charge in [0.15, 0.2) is 6.61 Å². The zero-order valence-electron chi connectivity index (χ0n) is 18.4. The van der Waals surface area contributed by atoms with Crippen LogP contribution in [0.5, 0.6) is 5.75 Å². The maximum Gasteiger partial charge on any atom is 0.261 e. The van der Waals surface area contributed by atoms with Gasteiger partial charge in [0.05, 0.1) is 5.02 Å². The number of amides is 2. The number of nitrogens with zero attached hydrogens (tertiary/aromatic N) is 1. The fourth-order valence-corrected chi connectivity index (χ4v) is 4.44. The van der Waals surface area contributed by atoms with Crippen LogP contribution in [0.2, 0.25) is 10.0 Å². The normalized spacial score (nSPS) is 15.1. The Morgan fingerprint density at radius 2 is 1.69 bits per heavy atom. The first-order valence-electron chi connectivity index (χ1n) is 11.2. The average molecular weight is 477 g/mol. The third kappa shape index (κ3) is 6.63. The topological polar surface area (TPSA) is 58.6 Å². The zero-order chi connectivity index (χ0) is 22.9. The smallest absolute Gasteiger partial charge is 0.261 e. The molecule has 2 aromatic rings. The second-order valence-corrected chi connectivity index (χ2v) is 8.91. The highest BCUT2D eigenvalue weighted by Gasteiger charge is 2.31. The summed E-state index contributed by atoms with van der Waals surface area (Å²) in [5.74, 6) is 0.00736. The molecule has 1 aliphatic rings. The summed E-state index contributed by atoms with van der Waals surface area (Å²) in [6.45, 7) is 1.91. The number of carbonyl (C=O) groups is 2. The number of hydrogen-bond acceptors (Lipinski definition) is 3. The summed E-state index contributed by atoms with van der Waals surface area (Å²) >= 11 is 12.5. The first-order chi connectivity index (χ1) is 15.5. The molecule has 0 aliphatic heterocycles. The van der Waals surface area contributed by atoms with E-state index in [0.717, 1.165) is 31.2 Å². The van der Waals surface area contributed by atoms with Crippen molar-refractivity contribution in [3.8, 4) is 5.75 Å². The van der Waals surface area contributed by atoms with Crippen LogP contribution in [0.4, 0.5) is 0 Å². The Kier molecular flexibility index (Phi) is 9.24. The van der Waals surface area contributed by atoms with Crippen LogP contribution in [0, 0.1) is 0 Å². The number of nitrogens with one attached hydrogen (secondary N) is 1. The molecular formula is C25H30Cl2N2O3. The zero-order valence-corrected chi connectivity index (χ0v) is 19.9. The van der Waals surface area contributed by atoms with Gasteiger partial charge in [0.25, 0.3) is 5.91 Å². The summed E-state index contributed by atoms with van der Waals surface area (Å²) in [4.78, 5) is 28.0. The Morgan fingerprint density at radius 3 is 2.34 bits per heavy atom. The first kappa shape index (κ1) is 24.4. The van der Waals surface area contributed by atoms with E-state index in [1.54, 1.807) is 35.2 Å². The molecule has 0 aromatic heterocycles. The molecular weight excluding hydrogens is 447 g/mol. The minimum absolute atomic E-state index is 0.127. The Labute approximate surface area is 200 Å². The van der Waals surface area contributed by atoms with Crippen molar-refractivity contribution in [3.63, 3.8) is 0 Å². The molecule has 7 heteroatoms. The van der Waals surface area contributed by atoms with Gasteiger partial charge in [-0.1, -0.05) is 79.7 Å². The number of para-hydroxylation sites is 1. The van der Waals surface area contributed by atoms with Crippen LogP contribution in [-0.4, -0.2) is 35.4 Å². The van der Waals surface area contributed by atoms with Crippen molar-refractivity contribution in [1.29, 1.82) is 0 Å². The highest BCUT2D eigenvalue weighted by atomic mass is 35.5. The number of rotatable bonds is 9. The second kappa shape index (κ2) is 12.1. The summed E-state index contributed by atoms with van der Waals surface area (Å²) in [6, 6.07) is 13.9. The van der Waals surface area contributed by atoms with Crippen molar-refractivity contribution < 1.29 is 14.3 Å². The third-order valence-electron chi connectivity index (χ3n) is 5.82. The molecule has 0 heterocycles. The van der Waals surface area contributed by atoms with E-state index in [9.17, 15) is 9.59 Å². The molecule has 5 nitrogen and oxygen atoms in total. The Bertz CT molecular complexity index is 916. The molecule has 2 amide bonds. The van der Waals surface area contributed by atoms with Gasteiger partial charge < -0.3 is 15.0 Å². The quantitative estimate of drug-likeness (QED) is 0.510. The second-order valence-electron chi connectivity index (χ2n) is 8.10. The number of hydrogen-bond donors (Lipinski definition) is 1. The molecule has 1 fully saturated rings. The van der Waals surface area contributed by atoms with Crippen LogP contribution in [0.3, 0.4) is 0 Å². The molecule has 2 aromatic carbocycles. The lowest BCUT2D eigenvalue weighted by atomic mass is 9.95. The molecule has 1 saturated carbocycles. The molecule has 0 bridgehead atoms. The predicted molar refractivity (Wildman–Crippen MR) is 128 cm³/mol. The van der Waals surface area contributed by atoms with Crippen LogP contribution in [0.15, 0.2) is 48.5 Å². The number of ether oxygens (including phenoxy) is 1. The standard InChI is InChI=1S/C25H30Cl2N2O3/c1-2-22(25(31)28-19-11-4-3-5-12-19)29(16-18-10-6-7-13-20(18)26)24(30)17-32-23-15-9-8-14-21(23)27/h6-10,13-15,19,22H,2-5,11-12,16-17H2,1H3,(H,28,31). The molecule has 3 rings (SSSR count). The molecule has 0 radical (unpaired) electrons. The molecule has 1 atom stereocenters. The molecule has 0 saturated heterocycles. The molecule has 32 heavy (non-hydrogen) atoms. The van der Waals surface area contributed by atoms with E-state index >= 15 is 0 Å². The minimum Gasteiger partial charge on any atom is -0.482 e. The van der Waals surface area contributed by atoms with Gasteiger partial charge >= 0.3 is 0 Å². The van der Waals surface area contributed by atoms with Crippen LogP contribution in [0.1, 0.15) is 51.0 Å². The number of halogens is 2. The summed E-state index contributed by atoms with van der Waals surface area (Å²) in [6.07, 6.45) is 5.90. The van der Waals surface area contributed by atoms with Gasteiger partial charge in [-0.15, -0.1) is 0 Å². The SMILES string of the molecule is CCC(C(=O)NC1CCCCC1)N(Cc1ccccc1Cl)C(=O)COc1ccccc1Cl. The van der Waals surface area contributed by atoms with E-state index in [1.807, 2.05) is 25.1 Å². The molecule has 172 valence electrons. The Morgan fingerprint density at radius 1 is 1.03 bits per heavy atom. The average Bonchev–Trinajstić information content (AvgIpc) is 2.80. The molecule has 0 spiro atoms. The molecule has 1 unspecified atom stereocenters. The van der Waals surface area contributed by atoms with Crippen LogP contribution >= 0.6 is 23.2 Å². The van der Waals surface area contributed by atoms with E-state index in [2.05, 4.69) is 5.32 Å². The Hall–Kier alpha value is -2.24. The molecule has 1 aliphatic carbocycles. The number of benzene rings is 2. The highest BCUT2D eigenvalue weighted by Crippen LogP contribution is 2.24. The van der Waals surface area contributed by atoms with E-state index < -0.39 is 6.04 Å². The van der Waals surface area contributed by atoms with Gasteiger partial charge in [-0.3, -0.25) is 9.59 Å². The van der Waals surface area contributed by atoms with E-state index in [1.165, 1.54) is 6.42 Å². The summed E-state index contributed by atoms with van der Waals surface area (Å²) in [5, 5.41) is 4.15. The monoisotopic (exact) mass is 476 g/mol. The van der Waals surface area contributed by atoms with Gasteiger partial charge in [-0.2, -0.15) is 0 Å². The predicted octanol–water partition coefficient (Wildman–Crippen LogP) is 5.63. The van der Waals surface area contributed by atoms with Crippen molar-refractivity contribution in [2.24, 2.45) is 0 Å². The maximum absolute atomic E-state index is 13.3. The largest absolute Gasteiger partial charge is 0.482 e. The van der Waals surface area contributed by atoms with Crippen molar-refractivity contribution in [1.82, 2.24) is 10.2 Å². The molecule has 1 N–H and O–H groups in total. The lowest BCUT2D eigenvalue weighted by molar-refractivity contribution is -0.143. The summed E-state index contributed by atoms with van der Waals surface area (Å²) < 4.78 is 5.68. The maximum atomic E-state index is 13.3. The minimum atomic E-state index is -0.615. The fourth-order valence-electron chi connectivity index (χ4n) is 4.06.